The van der Waals surface area contributed by atoms with E-state index in [2.05, 4.69) is 23.5 Å². The second-order valence-corrected chi connectivity index (χ2v) is 4.43. The molecule has 3 nitrogen and oxygen atoms in total. The predicted octanol–water partition coefficient (Wildman–Crippen LogP) is 1.75. The molecule has 0 aliphatic heterocycles. The number of fused-ring (bicyclic) bond motifs is 1. The van der Waals surface area contributed by atoms with Crippen molar-refractivity contribution < 1.29 is 4.79 Å². The average Bonchev–Trinajstić information content (AvgIpc) is 2.38. The number of nitrogens with zero attached hydrogens (tertiary/aromatic N) is 1. The smallest absolute Gasteiger partial charge is 0.322 e. The van der Waals surface area contributed by atoms with Crippen LogP contribution in [-0.2, 0) is 24.1 Å². The van der Waals surface area contributed by atoms with Gasteiger partial charge in [-0.05, 0) is 48.8 Å². The molecule has 1 N–H and O–H groups in total. The van der Waals surface area contributed by atoms with Crippen molar-refractivity contribution >= 4 is 5.91 Å². The number of nitrogens with one attached hydrogen (secondary N) is 1. The lowest BCUT2D eigenvalue weighted by molar-refractivity contribution is -0.115. The van der Waals surface area contributed by atoms with Gasteiger partial charge in [-0.25, -0.2) is 0 Å². The first kappa shape index (κ1) is 11.7. The van der Waals surface area contributed by atoms with Crippen molar-refractivity contribution in [1.29, 1.82) is 5.26 Å². The molecule has 0 spiro atoms. The van der Waals surface area contributed by atoms with E-state index >= 15 is 0 Å². The molecule has 3 heteroatoms. The van der Waals surface area contributed by atoms with E-state index < -0.39 is 5.91 Å². The topological polar surface area (TPSA) is 52.9 Å². The van der Waals surface area contributed by atoms with Crippen LogP contribution in [0.1, 0.15) is 29.5 Å². The third kappa shape index (κ3) is 3.07. The molecular weight excluding hydrogens is 212 g/mol. The van der Waals surface area contributed by atoms with Crippen molar-refractivity contribution in [2.75, 3.05) is 6.54 Å². The molecule has 1 aromatic rings. The number of carbonyl (C=O) groups excluding carboxylic acids is 1. The molecule has 0 radical (unpaired) electrons. The van der Waals surface area contributed by atoms with E-state index in [9.17, 15) is 4.79 Å². The number of hydrogen-bond donors (Lipinski definition) is 1. The summed E-state index contributed by atoms with van der Waals surface area (Å²) in [6, 6.07) is 8.13. The molecule has 0 aromatic heterocycles. The van der Waals surface area contributed by atoms with Crippen LogP contribution in [0.4, 0.5) is 0 Å². The Morgan fingerprint density at radius 3 is 2.82 bits per heavy atom. The van der Waals surface area contributed by atoms with Gasteiger partial charge >= 0.3 is 5.91 Å². The van der Waals surface area contributed by atoms with E-state index in [1.165, 1.54) is 42.4 Å². The number of amides is 1. The predicted molar refractivity (Wildman–Crippen MR) is 65.4 cm³/mol. The summed E-state index contributed by atoms with van der Waals surface area (Å²) in [6.07, 6.45) is 5.74. The number of hydrogen-bond acceptors (Lipinski definition) is 2. The highest BCUT2D eigenvalue weighted by molar-refractivity contribution is 5.91. The molecular formula is C14H16N2O. The summed E-state index contributed by atoms with van der Waals surface area (Å²) in [7, 11) is 0. The van der Waals surface area contributed by atoms with Gasteiger partial charge in [0.15, 0.2) is 6.07 Å². The maximum atomic E-state index is 10.8. The van der Waals surface area contributed by atoms with Crippen LogP contribution >= 0.6 is 0 Å². The molecule has 0 atom stereocenters. The van der Waals surface area contributed by atoms with Crippen molar-refractivity contribution in [3.63, 3.8) is 0 Å². The lowest BCUT2D eigenvalue weighted by Gasteiger charge is -2.16. The Bertz CT molecular complexity index is 460. The van der Waals surface area contributed by atoms with Crippen molar-refractivity contribution in [1.82, 2.24) is 5.32 Å². The second kappa shape index (κ2) is 5.49. The quantitative estimate of drug-likeness (QED) is 0.801. The first-order valence-electron chi connectivity index (χ1n) is 6.08. The third-order valence-electron chi connectivity index (χ3n) is 3.21. The van der Waals surface area contributed by atoms with E-state index in [4.69, 9.17) is 5.26 Å². The van der Waals surface area contributed by atoms with Crippen LogP contribution in [0.5, 0.6) is 0 Å². The van der Waals surface area contributed by atoms with Gasteiger partial charge in [0.25, 0.3) is 0 Å². The van der Waals surface area contributed by atoms with Gasteiger partial charge in [0.1, 0.15) is 0 Å². The van der Waals surface area contributed by atoms with Gasteiger partial charge in [-0.1, -0.05) is 18.2 Å². The Labute approximate surface area is 101 Å². The molecule has 0 bridgehead atoms. The molecule has 1 amide bonds. The molecule has 0 saturated carbocycles. The van der Waals surface area contributed by atoms with Gasteiger partial charge in [-0.15, -0.1) is 0 Å². The molecule has 2 rings (SSSR count). The Balaban J connectivity index is 1.93. The summed E-state index contributed by atoms with van der Waals surface area (Å²) in [6.45, 7) is 0.533. The van der Waals surface area contributed by atoms with Crippen LogP contribution in [0.3, 0.4) is 0 Å². The zero-order valence-electron chi connectivity index (χ0n) is 9.83. The summed E-state index contributed by atoms with van der Waals surface area (Å²) >= 11 is 0. The fourth-order valence-corrected chi connectivity index (χ4v) is 2.30. The standard InChI is InChI=1S/C14H16N2O/c15-10-14(17)16-8-7-11-5-6-12-3-1-2-4-13(12)9-11/h5-6,9H,1-4,7-8H2,(H,16,17). The maximum absolute atomic E-state index is 10.8. The highest BCUT2D eigenvalue weighted by Gasteiger charge is 2.09. The largest absolute Gasteiger partial charge is 0.343 e. The van der Waals surface area contributed by atoms with Crippen molar-refractivity contribution in [3.8, 4) is 6.07 Å². The number of carbonyl (C=O) groups is 1. The van der Waals surface area contributed by atoms with Gasteiger partial charge in [-0.2, -0.15) is 5.26 Å². The Hall–Kier alpha value is -1.82. The summed E-state index contributed by atoms with van der Waals surface area (Å²) in [5.74, 6) is -0.553. The summed E-state index contributed by atoms with van der Waals surface area (Å²) in [5.41, 5.74) is 4.17. The van der Waals surface area contributed by atoms with E-state index in [-0.39, 0.29) is 0 Å². The zero-order valence-corrected chi connectivity index (χ0v) is 9.83. The van der Waals surface area contributed by atoms with Gasteiger partial charge < -0.3 is 5.32 Å². The van der Waals surface area contributed by atoms with Gasteiger partial charge in [0.05, 0.1) is 0 Å². The highest BCUT2D eigenvalue weighted by atomic mass is 16.1. The van der Waals surface area contributed by atoms with Crippen molar-refractivity contribution in [2.45, 2.75) is 32.1 Å². The maximum Gasteiger partial charge on any atom is 0.322 e. The zero-order chi connectivity index (χ0) is 12.1. The molecule has 0 fully saturated rings. The SMILES string of the molecule is N#CC(=O)NCCc1ccc2c(c1)CCCC2. The van der Waals surface area contributed by atoms with Crippen LogP contribution < -0.4 is 5.32 Å². The van der Waals surface area contributed by atoms with Crippen LogP contribution in [0.25, 0.3) is 0 Å². The fourth-order valence-electron chi connectivity index (χ4n) is 2.30. The minimum absolute atomic E-state index is 0.533. The Kier molecular flexibility index (Phi) is 3.77. The average molecular weight is 228 g/mol. The van der Waals surface area contributed by atoms with Crippen molar-refractivity contribution in [2.24, 2.45) is 0 Å². The van der Waals surface area contributed by atoms with Crippen LogP contribution in [0.2, 0.25) is 0 Å². The minimum Gasteiger partial charge on any atom is -0.343 e. The molecule has 88 valence electrons. The molecule has 1 aromatic carbocycles. The van der Waals surface area contributed by atoms with Crippen LogP contribution in [0.15, 0.2) is 18.2 Å². The van der Waals surface area contributed by atoms with Crippen LogP contribution in [0, 0.1) is 11.3 Å². The number of rotatable bonds is 3. The minimum atomic E-state index is -0.553. The van der Waals surface area contributed by atoms with Crippen molar-refractivity contribution in [3.05, 3.63) is 34.9 Å². The first-order valence-corrected chi connectivity index (χ1v) is 6.08. The summed E-state index contributed by atoms with van der Waals surface area (Å²) in [4.78, 5) is 10.8. The summed E-state index contributed by atoms with van der Waals surface area (Å²) < 4.78 is 0. The van der Waals surface area contributed by atoms with Gasteiger partial charge in [-0.3, -0.25) is 4.79 Å². The Morgan fingerprint density at radius 1 is 1.29 bits per heavy atom. The number of aryl methyl sites for hydroxylation is 2. The fraction of sp³-hybridized carbons (Fsp3) is 0.429. The molecule has 17 heavy (non-hydrogen) atoms. The monoisotopic (exact) mass is 228 g/mol. The molecule has 0 unspecified atom stereocenters. The molecule has 1 aliphatic carbocycles. The molecule has 1 aliphatic rings. The number of nitriles is 1. The van der Waals surface area contributed by atoms with E-state index in [0.717, 1.165) is 6.42 Å². The third-order valence-corrected chi connectivity index (χ3v) is 3.21. The normalized spacial score (nSPS) is 13.6. The van der Waals surface area contributed by atoms with Gasteiger partial charge in [0.2, 0.25) is 0 Å². The van der Waals surface area contributed by atoms with E-state index in [1.54, 1.807) is 6.07 Å². The molecule has 0 saturated heterocycles. The Morgan fingerprint density at radius 2 is 2.06 bits per heavy atom. The molecule has 0 heterocycles. The van der Waals surface area contributed by atoms with E-state index in [0.29, 0.717) is 6.54 Å². The second-order valence-electron chi connectivity index (χ2n) is 4.43. The first-order chi connectivity index (χ1) is 8.29. The summed E-state index contributed by atoms with van der Waals surface area (Å²) in [5, 5.41) is 10.9. The lowest BCUT2D eigenvalue weighted by Crippen LogP contribution is -2.23. The van der Waals surface area contributed by atoms with E-state index in [1.807, 2.05) is 0 Å². The number of benzene rings is 1. The van der Waals surface area contributed by atoms with Crippen LogP contribution in [-0.4, -0.2) is 12.5 Å². The highest BCUT2D eigenvalue weighted by Crippen LogP contribution is 2.22. The lowest BCUT2D eigenvalue weighted by atomic mass is 9.90. The van der Waals surface area contributed by atoms with Gasteiger partial charge in [0, 0.05) is 6.54 Å².